The number of carbonyl (C=O) groups is 1. The van der Waals surface area contributed by atoms with Gasteiger partial charge in [0, 0.05) is 38.7 Å². The van der Waals surface area contributed by atoms with Crippen LogP contribution >= 0.6 is 0 Å². The number of sulfonamides is 1. The highest BCUT2D eigenvalue weighted by Crippen LogP contribution is 2.34. The summed E-state index contributed by atoms with van der Waals surface area (Å²) in [6.45, 7) is 3.31. The molecule has 2 rings (SSSR count). The standard InChI is InChI=1S/C14H26N4O4S/c1-10-3-4-12-11(8-19)7-17(5-6-23(15,21)22)9-18(12)13(10)14(20)16-2/h11-12,19H,3-9H2,1-2H3,(H,16,20)(H2,15,21,22). The number of hydrogen-bond donors (Lipinski definition) is 3. The first-order valence-electron chi connectivity index (χ1n) is 7.79. The van der Waals surface area contributed by atoms with Gasteiger partial charge in [-0.1, -0.05) is 0 Å². The van der Waals surface area contributed by atoms with E-state index < -0.39 is 10.0 Å². The zero-order chi connectivity index (χ0) is 17.2. The van der Waals surface area contributed by atoms with Gasteiger partial charge in [-0.15, -0.1) is 0 Å². The summed E-state index contributed by atoms with van der Waals surface area (Å²) in [6.07, 6.45) is 1.72. The summed E-state index contributed by atoms with van der Waals surface area (Å²) in [5, 5.41) is 17.5. The van der Waals surface area contributed by atoms with E-state index in [9.17, 15) is 18.3 Å². The molecule has 0 aromatic carbocycles. The monoisotopic (exact) mass is 346 g/mol. The summed E-state index contributed by atoms with van der Waals surface area (Å²) in [5.41, 5.74) is 1.66. The lowest BCUT2D eigenvalue weighted by Crippen LogP contribution is -2.59. The van der Waals surface area contributed by atoms with Crippen molar-refractivity contribution in [2.75, 3.05) is 39.2 Å². The predicted molar refractivity (Wildman–Crippen MR) is 86.6 cm³/mol. The van der Waals surface area contributed by atoms with E-state index in [0.717, 1.165) is 18.4 Å². The van der Waals surface area contributed by atoms with E-state index in [1.807, 2.05) is 16.7 Å². The van der Waals surface area contributed by atoms with Crippen LogP contribution in [0.5, 0.6) is 0 Å². The lowest BCUT2D eigenvalue weighted by Gasteiger charge is -2.50. The summed E-state index contributed by atoms with van der Waals surface area (Å²) in [6, 6.07) is 0.0988. The number of likely N-dealkylation sites (N-methyl/N-ethyl adjacent to an activating group) is 1. The Balaban J connectivity index is 2.22. The van der Waals surface area contributed by atoms with Gasteiger partial charge in [0.05, 0.1) is 12.4 Å². The number of rotatable bonds is 5. The highest BCUT2D eigenvalue weighted by Gasteiger charge is 2.40. The van der Waals surface area contributed by atoms with Gasteiger partial charge in [-0.3, -0.25) is 9.69 Å². The minimum absolute atomic E-state index is 0.00706. The van der Waals surface area contributed by atoms with Crippen LogP contribution in [0.25, 0.3) is 0 Å². The number of primary sulfonamides is 1. The Morgan fingerprint density at radius 2 is 2.17 bits per heavy atom. The summed E-state index contributed by atoms with van der Waals surface area (Å²) in [4.78, 5) is 16.2. The molecule has 0 bridgehead atoms. The first-order chi connectivity index (χ1) is 10.8. The van der Waals surface area contributed by atoms with Crippen LogP contribution in [-0.2, 0) is 14.8 Å². The average Bonchev–Trinajstić information content (AvgIpc) is 2.50. The van der Waals surface area contributed by atoms with Crippen LogP contribution in [0, 0.1) is 5.92 Å². The zero-order valence-corrected chi connectivity index (χ0v) is 14.5. The molecule has 1 saturated heterocycles. The van der Waals surface area contributed by atoms with E-state index in [4.69, 9.17) is 5.14 Å². The molecular weight excluding hydrogens is 320 g/mol. The van der Waals surface area contributed by atoms with Crippen molar-refractivity contribution < 1.29 is 18.3 Å². The molecule has 0 spiro atoms. The lowest BCUT2D eigenvalue weighted by atomic mass is 9.86. The molecule has 0 aromatic heterocycles. The van der Waals surface area contributed by atoms with Gasteiger partial charge in [-0.2, -0.15) is 0 Å². The fraction of sp³-hybridized carbons (Fsp3) is 0.786. The topological polar surface area (TPSA) is 116 Å². The molecule has 2 aliphatic heterocycles. The van der Waals surface area contributed by atoms with E-state index in [0.29, 0.717) is 25.5 Å². The molecule has 2 heterocycles. The Bertz CT molecular complexity index is 590. The van der Waals surface area contributed by atoms with Crippen molar-refractivity contribution in [1.29, 1.82) is 0 Å². The maximum Gasteiger partial charge on any atom is 0.267 e. The van der Waals surface area contributed by atoms with Crippen LogP contribution in [-0.4, -0.2) is 74.4 Å². The Kier molecular flexibility index (Phi) is 5.66. The van der Waals surface area contributed by atoms with Crippen LogP contribution in [0.2, 0.25) is 0 Å². The fourth-order valence-corrected chi connectivity index (χ4v) is 3.99. The van der Waals surface area contributed by atoms with Crippen molar-refractivity contribution in [3.63, 3.8) is 0 Å². The zero-order valence-electron chi connectivity index (χ0n) is 13.7. The van der Waals surface area contributed by atoms with Crippen LogP contribution in [0.1, 0.15) is 19.8 Å². The van der Waals surface area contributed by atoms with Gasteiger partial charge < -0.3 is 15.3 Å². The minimum Gasteiger partial charge on any atom is -0.396 e. The molecule has 2 atom stereocenters. The molecule has 0 saturated carbocycles. The van der Waals surface area contributed by atoms with Crippen molar-refractivity contribution in [2.45, 2.75) is 25.8 Å². The van der Waals surface area contributed by atoms with E-state index in [2.05, 4.69) is 5.32 Å². The SMILES string of the molecule is CNC(=O)C1=C(C)CCC2C(CO)CN(CCS(N)(=O)=O)CN12. The molecule has 9 heteroatoms. The van der Waals surface area contributed by atoms with Crippen molar-refractivity contribution in [1.82, 2.24) is 15.1 Å². The lowest BCUT2D eigenvalue weighted by molar-refractivity contribution is -0.121. The van der Waals surface area contributed by atoms with E-state index in [-0.39, 0.29) is 30.2 Å². The number of fused-ring (bicyclic) bond motifs is 1. The summed E-state index contributed by atoms with van der Waals surface area (Å²) >= 11 is 0. The Hall–Kier alpha value is -1.16. The van der Waals surface area contributed by atoms with Gasteiger partial charge in [0.25, 0.3) is 5.91 Å². The normalized spacial score (nSPS) is 26.2. The Labute approximate surface area is 137 Å². The van der Waals surface area contributed by atoms with Crippen LogP contribution in [0.4, 0.5) is 0 Å². The highest BCUT2D eigenvalue weighted by molar-refractivity contribution is 7.89. The molecule has 2 unspecified atom stereocenters. The van der Waals surface area contributed by atoms with Gasteiger partial charge in [0.2, 0.25) is 10.0 Å². The van der Waals surface area contributed by atoms with Crippen molar-refractivity contribution >= 4 is 15.9 Å². The van der Waals surface area contributed by atoms with Crippen LogP contribution in [0.15, 0.2) is 11.3 Å². The molecule has 4 N–H and O–H groups in total. The minimum atomic E-state index is -3.54. The van der Waals surface area contributed by atoms with E-state index in [1.54, 1.807) is 7.05 Å². The molecule has 132 valence electrons. The molecule has 0 radical (unpaired) electrons. The van der Waals surface area contributed by atoms with Crippen molar-refractivity contribution in [2.24, 2.45) is 11.1 Å². The van der Waals surface area contributed by atoms with E-state index in [1.165, 1.54) is 0 Å². The van der Waals surface area contributed by atoms with Gasteiger partial charge in [-0.05, 0) is 25.3 Å². The third-order valence-electron chi connectivity index (χ3n) is 4.66. The first-order valence-corrected chi connectivity index (χ1v) is 9.50. The molecular formula is C14H26N4O4S. The molecule has 1 amide bonds. The summed E-state index contributed by atoms with van der Waals surface area (Å²) < 4.78 is 22.4. The number of nitrogens with zero attached hydrogens (tertiary/aromatic N) is 2. The molecule has 23 heavy (non-hydrogen) atoms. The van der Waals surface area contributed by atoms with Gasteiger partial charge in [0.1, 0.15) is 5.70 Å². The van der Waals surface area contributed by atoms with E-state index >= 15 is 0 Å². The number of carbonyl (C=O) groups excluding carboxylic acids is 1. The molecule has 2 aliphatic rings. The Morgan fingerprint density at radius 3 is 2.74 bits per heavy atom. The van der Waals surface area contributed by atoms with Gasteiger partial charge in [0.15, 0.2) is 0 Å². The van der Waals surface area contributed by atoms with Crippen molar-refractivity contribution in [3.8, 4) is 0 Å². The number of nitrogens with two attached hydrogens (primary N) is 1. The summed E-state index contributed by atoms with van der Waals surface area (Å²) in [7, 11) is -1.94. The smallest absolute Gasteiger partial charge is 0.267 e. The quantitative estimate of drug-likeness (QED) is 0.566. The van der Waals surface area contributed by atoms with Crippen LogP contribution < -0.4 is 10.5 Å². The average molecular weight is 346 g/mol. The van der Waals surface area contributed by atoms with Gasteiger partial charge >= 0.3 is 0 Å². The molecule has 1 fully saturated rings. The summed E-state index contributed by atoms with van der Waals surface area (Å²) in [5.74, 6) is -0.295. The van der Waals surface area contributed by atoms with Crippen LogP contribution in [0.3, 0.4) is 0 Å². The molecule has 0 aliphatic carbocycles. The Morgan fingerprint density at radius 1 is 1.48 bits per heavy atom. The fourth-order valence-electron chi connectivity index (χ4n) is 3.48. The number of aliphatic hydroxyl groups is 1. The number of hydrogen-bond acceptors (Lipinski definition) is 6. The largest absolute Gasteiger partial charge is 0.396 e. The second-order valence-electron chi connectivity index (χ2n) is 6.31. The predicted octanol–water partition coefficient (Wildman–Crippen LogP) is -1.36. The third kappa shape index (κ3) is 4.23. The number of allylic oxidation sites excluding steroid dienone is 1. The maximum absolute atomic E-state index is 12.2. The maximum atomic E-state index is 12.2. The highest BCUT2D eigenvalue weighted by atomic mass is 32.2. The van der Waals surface area contributed by atoms with Gasteiger partial charge in [-0.25, -0.2) is 13.6 Å². The third-order valence-corrected chi connectivity index (χ3v) is 5.42. The first kappa shape index (κ1) is 18.2. The number of aliphatic hydroxyl groups excluding tert-OH is 1. The number of nitrogens with one attached hydrogen (secondary N) is 1. The van der Waals surface area contributed by atoms with Crippen molar-refractivity contribution in [3.05, 3.63) is 11.3 Å². The second kappa shape index (κ2) is 7.16. The number of amides is 1. The molecule has 8 nitrogen and oxygen atoms in total. The second-order valence-corrected chi connectivity index (χ2v) is 8.05. The molecule has 0 aromatic rings.